The van der Waals surface area contributed by atoms with E-state index in [0.29, 0.717) is 16.8 Å². The Bertz CT molecular complexity index is 791. The minimum atomic E-state index is -0.268. The van der Waals surface area contributed by atoms with E-state index in [-0.39, 0.29) is 23.0 Å². The number of halogens is 1. The minimum absolute atomic E-state index is 0.0777. The lowest BCUT2D eigenvalue weighted by molar-refractivity contribution is 0.0941. The summed E-state index contributed by atoms with van der Waals surface area (Å²) < 4.78 is 0.848. The molecule has 0 aliphatic heterocycles. The first-order chi connectivity index (χ1) is 11.9. The first-order valence-electron chi connectivity index (χ1n) is 7.64. The summed E-state index contributed by atoms with van der Waals surface area (Å²) in [7, 11) is 0. The van der Waals surface area contributed by atoms with Crippen LogP contribution in [0.15, 0.2) is 48.5 Å². The van der Waals surface area contributed by atoms with Crippen LogP contribution in [0.1, 0.15) is 34.6 Å². The molecule has 7 heteroatoms. The molecular formula is C18H18IN3O2S. The number of thiocarbonyl (C=S) groups is 1. The van der Waals surface area contributed by atoms with Crippen molar-refractivity contribution in [3.8, 4) is 0 Å². The van der Waals surface area contributed by atoms with E-state index in [4.69, 9.17) is 12.2 Å². The van der Waals surface area contributed by atoms with Crippen molar-refractivity contribution in [3.63, 3.8) is 0 Å². The molecule has 0 fully saturated rings. The molecule has 0 bridgehead atoms. The van der Waals surface area contributed by atoms with E-state index >= 15 is 0 Å². The van der Waals surface area contributed by atoms with Crippen molar-refractivity contribution in [2.24, 2.45) is 0 Å². The third-order valence-electron chi connectivity index (χ3n) is 3.17. The number of rotatable bonds is 4. The van der Waals surface area contributed by atoms with E-state index in [1.165, 1.54) is 0 Å². The van der Waals surface area contributed by atoms with Crippen LogP contribution >= 0.6 is 34.8 Å². The number of carbonyl (C=O) groups excluding carboxylic acids is 2. The van der Waals surface area contributed by atoms with Crippen molar-refractivity contribution >= 4 is 57.4 Å². The van der Waals surface area contributed by atoms with Crippen molar-refractivity contribution in [3.05, 3.63) is 63.2 Å². The smallest absolute Gasteiger partial charge is 0.258 e. The molecule has 0 unspecified atom stereocenters. The van der Waals surface area contributed by atoms with Gasteiger partial charge in [-0.05, 0) is 85.1 Å². The van der Waals surface area contributed by atoms with Gasteiger partial charge in [0.2, 0.25) is 0 Å². The van der Waals surface area contributed by atoms with Gasteiger partial charge in [-0.25, -0.2) is 0 Å². The molecule has 2 rings (SSSR count). The van der Waals surface area contributed by atoms with E-state index < -0.39 is 0 Å². The van der Waals surface area contributed by atoms with Gasteiger partial charge in [-0.2, -0.15) is 0 Å². The van der Waals surface area contributed by atoms with E-state index in [2.05, 4.69) is 38.5 Å². The zero-order valence-corrected chi connectivity index (χ0v) is 16.8. The topological polar surface area (TPSA) is 70.2 Å². The number of anilines is 1. The molecular weight excluding hydrogens is 449 g/mol. The first kappa shape index (κ1) is 19.3. The highest BCUT2D eigenvalue weighted by atomic mass is 127. The summed E-state index contributed by atoms with van der Waals surface area (Å²) in [6, 6.07) is 14.2. The molecule has 0 aliphatic carbocycles. The largest absolute Gasteiger partial charge is 0.350 e. The number of carbonyl (C=O) groups is 2. The van der Waals surface area contributed by atoms with Gasteiger partial charge in [0.05, 0.1) is 5.56 Å². The van der Waals surface area contributed by atoms with Gasteiger partial charge in [0, 0.05) is 20.9 Å². The third-order valence-corrected chi connectivity index (χ3v) is 4.32. The van der Waals surface area contributed by atoms with Gasteiger partial charge in [-0.3, -0.25) is 14.9 Å². The van der Waals surface area contributed by atoms with Crippen molar-refractivity contribution in [1.82, 2.24) is 10.6 Å². The molecule has 2 aromatic carbocycles. The Morgan fingerprint density at radius 1 is 1.00 bits per heavy atom. The maximum Gasteiger partial charge on any atom is 0.258 e. The van der Waals surface area contributed by atoms with Crippen LogP contribution < -0.4 is 16.0 Å². The SMILES string of the molecule is CC(C)NC(=O)c1ccc(NC(=S)NC(=O)c2ccccc2I)cc1. The lowest BCUT2D eigenvalue weighted by atomic mass is 10.2. The fraction of sp³-hybridized carbons (Fsp3) is 0.167. The van der Waals surface area contributed by atoms with Gasteiger partial charge >= 0.3 is 0 Å². The zero-order chi connectivity index (χ0) is 18.4. The number of benzene rings is 2. The van der Waals surface area contributed by atoms with Crippen molar-refractivity contribution in [2.75, 3.05) is 5.32 Å². The standard InChI is InChI=1S/C18H18IN3O2S/c1-11(2)20-16(23)12-7-9-13(10-8-12)21-18(25)22-17(24)14-5-3-4-6-15(14)19/h3-11H,1-2H3,(H,20,23)(H2,21,22,24,25). The van der Waals surface area contributed by atoms with Crippen molar-refractivity contribution in [2.45, 2.75) is 19.9 Å². The van der Waals surface area contributed by atoms with Crippen LogP contribution in [0.2, 0.25) is 0 Å². The van der Waals surface area contributed by atoms with Crippen molar-refractivity contribution < 1.29 is 9.59 Å². The molecule has 2 aromatic rings. The number of nitrogens with one attached hydrogen (secondary N) is 3. The van der Waals surface area contributed by atoms with Gasteiger partial charge in [0.1, 0.15) is 0 Å². The lowest BCUT2D eigenvalue weighted by Crippen LogP contribution is -2.34. The Kier molecular flexibility index (Phi) is 6.89. The zero-order valence-electron chi connectivity index (χ0n) is 13.8. The van der Waals surface area contributed by atoms with Crippen LogP contribution in [0.4, 0.5) is 5.69 Å². The highest BCUT2D eigenvalue weighted by molar-refractivity contribution is 14.1. The normalized spacial score (nSPS) is 10.2. The van der Waals surface area contributed by atoms with E-state index in [1.807, 2.05) is 26.0 Å². The fourth-order valence-electron chi connectivity index (χ4n) is 2.03. The Hall–Kier alpha value is -2.00. The Morgan fingerprint density at radius 2 is 1.64 bits per heavy atom. The molecule has 25 heavy (non-hydrogen) atoms. The number of hydrogen-bond donors (Lipinski definition) is 3. The summed E-state index contributed by atoms with van der Waals surface area (Å²) in [4.78, 5) is 24.1. The van der Waals surface area contributed by atoms with E-state index in [0.717, 1.165) is 3.57 Å². The summed E-state index contributed by atoms with van der Waals surface area (Å²) >= 11 is 7.27. The fourth-order valence-corrected chi connectivity index (χ4v) is 2.87. The molecule has 0 aromatic heterocycles. The molecule has 0 spiro atoms. The van der Waals surface area contributed by atoms with Crippen LogP contribution in [-0.2, 0) is 0 Å². The molecule has 0 radical (unpaired) electrons. The van der Waals surface area contributed by atoms with Crippen LogP contribution in [0.3, 0.4) is 0 Å². The van der Waals surface area contributed by atoms with Gasteiger partial charge in [0.25, 0.3) is 11.8 Å². The third kappa shape index (κ3) is 5.79. The maximum absolute atomic E-state index is 12.2. The molecule has 3 N–H and O–H groups in total. The Balaban J connectivity index is 1.95. The van der Waals surface area contributed by atoms with Crippen molar-refractivity contribution in [1.29, 1.82) is 0 Å². The van der Waals surface area contributed by atoms with Gasteiger partial charge in [-0.1, -0.05) is 12.1 Å². The Labute approximate surface area is 165 Å². The highest BCUT2D eigenvalue weighted by Gasteiger charge is 2.11. The summed E-state index contributed by atoms with van der Waals surface area (Å²) in [5.41, 5.74) is 1.81. The van der Waals surface area contributed by atoms with E-state index in [9.17, 15) is 9.59 Å². The second-order valence-electron chi connectivity index (χ2n) is 5.59. The quantitative estimate of drug-likeness (QED) is 0.475. The molecule has 130 valence electrons. The molecule has 0 saturated heterocycles. The van der Waals surface area contributed by atoms with Gasteiger partial charge in [0.15, 0.2) is 5.11 Å². The Morgan fingerprint density at radius 3 is 2.24 bits per heavy atom. The molecule has 5 nitrogen and oxygen atoms in total. The predicted molar refractivity (Wildman–Crippen MR) is 112 cm³/mol. The minimum Gasteiger partial charge on any atom is -0.350 e. The number of hydrogen-bond acceptors (Lipinski definition) is 3. The summed E-state index contributed by atoms with van der Waals surface area (Å²) in [6.07, 6.45) is 0. The predicted octanol–water partition coefficient (Wildman–Crippen LogP) is 3.56. The molecule has 0 atom stereocenters. The van der Waals surface area contributed by atoms with Crippen LogP contribution in [0.25, 0.3) is 0 Å². The monoisotopic (exact) mass is 467 g/mol. The number of amides is 2. The van der Waals surface area contributed by atoms with Gasteiger partial charge in [-0.15, -0.1) is 0 Å². The summed E-state index contributed by atoms with van der Waals surface area (Å²) in [5.74, 6) is -0.397. The second kappa shape index (κ2) is 8.91. The van der Waals surface area contributed by atoms with Crippen LogP contribution in [0, 0.1) is 3.57 Å². The van der Waals surface area contributed by atoms with Crippen LogP contribution in [0.5, 0.6) is 0 Å². The molecule has 2 amide bonds. The van der Waals surface area contributed by atoms with Gasteiger partial charge < -0.3 is 10.6 Å². The maximum atomic E-state index is 12.2. The average molecular weight is 467 g/mol. The summed E-state index contributed by atoms with van der Waals surface area (Å²) in [5, 5.41) is 8.60. The molecule has 0 aliphatic rings. The average Bonchev–Trinajstić information content (AvgIpc) is 2.55. The van der Waals surface area contributed by atoms with E-state index in [1.54, 1.807) is 36.4 Å². The molecule has 0 saturated carbocycles. The second-order valence-corrected chi connectivity index (χ2v) is 7.16. The lowest BCUT2D eigenvalue weighted by Gasteiger charge is -2.11. The van der Waals surface area contributed by atoms with Crippen LogP contribution in [-0.4, -0.2) is 23.0 Å². The first-order valence-corrected chi connectivity index (χ1v) is 9.13. The summed E-state index contributed by atoms with van der Waals surface area (Å²) in [6.45, 7) is 3.81. The molecule has 0 heterocycles. The highest BCUT2D eigenvalue weighted by Crippen LogP contribution is 2.12.